The highest BCUT2D eigenvalue weighted by Gasteiger charge is 2.33. The Morgan fingerprint density at radius 3 is 2.78 bits per heavy atom. The van der Waals surface area contributed by atoms with Gasteiger partial charge < -0.3 is 14.8 Å². The number of hydrogen-bond donors (Lipinski definition) is 1. The minimum absolute atomic E-state index is 0.125. The fourth-order valence-electron chi connectivity index (χ4n) is 3.29. The number of carbonyl (C=O) groups excluding carboxylic acids is 1. The summed E-state index contributed by atoms with van der Waals surface area (Å²) in [6.07, 6.45) is 2.11. The molecule has 138 valence electrons. The molecule has 1 atom stereocenters. The van der Waals surface area contributed by atoms with Crippen LogP contribution in [0.1, 0.15) is 28.0 Å². The maximum atomic E-state index is 12.8. The van der Waals surface area contributed by atoms with Crippen molar-refractivity contribution in [3.63, 3.8) is 0 Å². The van der Waals surface area contributed by atoms with E-state index in [9.17, 15) is 9.90 Å². The van der Waals surface area contributed by atoms with Crippen LogP contribution in [0.25, 0.3) is 11.1 Å². The van der Waals surface area contributed by atoms with E-state index >= 15 is 0 Å². The van der Waals surface area contributed by atoms with Crippen molar-refractivity contribution in [2.45, 2.75) is 19.4 Å². The molecule has 1 aliphatic heterocycles. The molecule has 0 radical (unpaired) electrons. The van der Waals surface area contributed by atoms with Gasteiger partial charge in [0.1, 0.15) is 18.9 Å². The first-order valence-corrected chi connectivity index (χ1v) is 8.56. The summed E-state index contributed by atoms with van der Waals surface area (Å²) in [6.45, 7) is 2.07. The Balaban J connectivity index is 1.84. The van der Waals surface area contributed by atoms with E-state index in [-0.39, 0.29) is 18.6 Å². The Bertz CT molecular complexity index is 916. The summed E-state index contributed by atoms with van der Waals surface area (Å²) >= 11 is 0. The Labute approximate surface area is 157 Å². The van der Waals surface area contributed by atoms with Gasteiger partial charge in [-0.15, -0.1) is 0 Å². The fourth-order valence-corrected chi connectivity index (χ4v) is 3.29. The lowest BCUT2D eigenvalue weighted by Gasteiger charge is -2.22. The SMILES string of the molecule is CON=C1CC(CO)N(C(=O)c2ccc(-c3ccnc(C#N)c3C)cc2)C1. The van der Waals surface area contributed by atoms with Gasteiger partial charge in [0, 0.05) is 18.2 Å². The summed E-state index contributed by atoms with van der Waals surface area (Å²) in [6, 6.07) is 10.8. The zero-order valence-corrected chi connectivity index (χ0v) is 15.2. The highest BCUT2D eigenvalue weighted by Crippen LogP contribution is 2.26. The van der Waals surface area contributed by atoms with Crippen molar-refractivity contribution in [1.29, 1.82) is 5.26 Å². The van der Waals surface area contributed by atoms with Crippen molar-refractivity contribution in [2.75, 3.05) is 20.3 Å². The molecule has 0 aliphatic carbocycles. The highest BCUT2D eigenvalue weighted by molar-refractivity contribution is 6.00. The normalized spacial score (nSPS) is 17.8. The molecular formula is C20H20N4O3. The van der Waals surface area contributed by atoms with Gasteiger partial charge in [0.05, 0.1) is 24.9 Å². The first kappa shape index (κ1) is 18.5. The molecule has 1 N–H and O–H groups in total. The van der Waals surface area contributed by atoms with Gasteiger partial charge in [0.25, 0.3) is 5.91 Å². The third-order valence-corrected chi connectivity index (χ3v) is 4.71. The Morgan fingerprint density at radius 1 is 1.41 bits per heavy atom. The van der Waals surface area contributed by atoms with Crippen molar-refractivity contribution in [1.82, 2.24) is 9.88 Å². The fraction of sp³-hybridized carbons (Fsp3) is 0.300. The molecule has 1 saturated heterocycles. The van der Waals surface area contributed by atoms with Crippen molar-refractivity contribution >= 4 is 11.6 Å². The van der Waals surface area contributed by atoms with E-state index in [2.05, 4.69) is 16.2 Å². The largest absolute Gasteiger partial charge is 0.399 e. The van der Waals surface area contributed by atoms with E-state index in [0.29, 0.717) is 24.2 Å². The number of oxime groups is 1. The van der Waals surface area contributed by atoms with Crippen molar-refractivity contribution in [3.05, 3.63) is 53.3 Å². The quantitative estimate of drug-likeness (QED) is 0.838. The van der Waals surface area contributed by atoms with Gasteiger partial charge in [-0.2, -0.15) is 5.26 Å². The Kier molecular flexibility index (Phi) is 5.48. The Morgan fingerprint density at radius 2 is 2.15 bits per heavy atom. The van der Waals surface area contributed by atoms with Gasteiger partial charge in [0.2, 0.25) is 0 Å². The highest BCUT2D eigenvalue weighted by atomic mass is 16.6. The van der Waals surface area contributed by atoms with Gasteiger partial charge in [-0.3, -0.25) is 4.79 Å². The van der Waals surface area contributed by atoms with E-state index in [1.807, 2.05) is 25.1 Å². The molecule has 1 aromatic heterocycles. The average Bonchev–Trinajstić information content (AvgIpc) is 3.11. The number of aromatic nitrogens is 1. The number of nitrogens with zero attached hydrogens (tertiary/aromatic N) is 4. The molecule has 1 unspecified atom stereocenters. The molecule has 0 bridgehead atoms. The van der Waals surface area contributed by atoms with Gasteiger partial charge in [-0.05, 0) is 41.8 Å². The lowest BCUT2D eigenvalue weighted by atomic mass is 9.99. The third kappa shape index (κ3) is 3.66. The smallest absolute Gasteiger partial charge is 0.254 e. The molecule has 1 aliphatic rings. The molecule has 1 amide bonds. The second-order valence-electron chi connectivity index (χ2n) is 6.33. The van der Waals surface area contributed by atoms with Crippen molar-refractivity contribution in [2.24, 2.45) is 5.16 Å². The van der Waals surface area contributed by atoms with Gasteiger partial charge >= 0.3 is 0 Å². The predicted octanol–water partition coefficient (Wildman–Crippen LogP) is 2.14. The summed E-state index contributed by atoms with van der Waals surface area (Å²) in [4.78, 5) is 23.3. The van der Waals surface area contributed by atoms with Gasteiger partial charge in [0.15, 0.2) is 0 Å². The van der Waals surface area contributed by atoms with Crippen LogP contribution in [0.4, 0.5) is 0 Å². The number of benzene rings is 1. The first-order valence-electron chi connectivity index (χ1n) is 8.56. The molecule has 3 rings (SSSR count). The minimum atomic E-state index is -0.299. The number of aliphatic hydroxyl groups is 1. The standard InChI is InChI=1S/C20H20N4O3/c1-13-18(7-8-22-19(13)10-21)14-3-5-15(6-4-14)20(26)24-11-16(23-27-2)9-17(24)12-25/h3-8,17,25H,9,11-12H2,1-2H3. The molecule has 0 spiro atoms. The maximum Gasteiger partial charge on any atom is 0.254 e. The van der Waals surface area contributed by atoms with Crippen LogP contribution in [0.5, 0.6) is 0 Å². The van der Waals surface area contributed by atoms with Crippen LogP contribution in [0.15, 0.2) is 41.7 Å². The number of nitriles is 1. The van der Waals surface area contributed by atoms with Crippen molar-refractivity contribution in [3.8, 4) is 17.2 Å². The summed E-state index contributed by atoms with van der Waals surface area (Å²) in [5, 5.41) is 22.6. The number of pyridine rings is 1. The lowest BCUT2D eigenvalue weighted by Crippen LogP contribution is -2.37. The molecule has 0 saturated carbocycles. The number of rotatable bonds is 4. The molecule has 1 fully saturated rings. The minimum Gasteiger partial charge on any atom is -0.399 e. The number of carbonyl (C=O) groups is 1. The molecule has 7 nitrogen and oxygen atoms in total. The van der Waals surface area contributed by atoms with Crippen LogP contribution >= 0.6 is 0 Å². The zero-order valence-electron chi connectivity index (χ0n) is 15.2. The molecule has 2 heterocycles. The van der Waals surface area contributed by atoms with Gasteiger partial charge in [-0.1, -0.05) is 17.3 Å². The molecule has 7 heteroatoms. The summed E-state index contributed by atoms with van der Waals surface area (Å²) in [7, 11) is 1.46. The molecule has 1 aromatic carbocycles. The van der Waals surface area contributed by atoms with E-state index in [1.165, 1.54) is 7.11 Å². The molecule has 27 heavy (non-hydrogen) atoms. The van der Waals surface area contributed by atoms with Crippen LogP contribution in [0.2, 0.25) is 0 Å². The first-order chi connectivity index (χ1) is 13.1. The van der Waals surface area contributed by atoms with Crippen LogP contribution < -0.4 is 0 Å². The van der Waals surface area contributed by atoms with Crippen LogP contribution in [0, 0.1) is 18.3 Å². The maximum absolute atomic E-state index is 12.8. The Hall–Kier alpha value is -3.24. The van der Waals surface area contributed by atoms with Crippen LogP contribution in [0.3, 0.4) is 0 Å². The van der Waals surface area contributed by atoms with Crippen LogP contribution in [-0.2, 0) is 4.84 Å². The van der Waals surface area contributed by atoms with E-state index < -0.39 is 0 Å². The van der Waals surface area contributed by atoms with E-state index in [1.54, 1.807) is 23.2 Å². The average molecular weight is 364 g/mol. The summed E-state index contributed by atoms with van der Waals surface area (Å²) < 4.78 is 0. The second kappa shape index (κ2) is 7.98. The van der Waals surface area contributed by atoms with E-state index in [0.717, 1.165) is 22.4 Å². The van der Waals surface area contributed by atoms with E-state index in [4.69, 9.17) is 10.1 Å². The molecule has 2 aromatic rings. The summed E-state index contributed by atoms with van der Waals surface area (Å²) in [5.41, 5.74) is 4.27. The number of hydrogen-bond acceptors (Lipinski definition) is 6. The second-order valence-corrected chi connectivity index (χ2v) is 6.33. The topological polar surface area (TPSA) is 98.8 Å². The van der Waals surface area contributed by atoms with Gasteiger partial charge in [-0.25, -0.2) is 4.98 Å². The monoisotopic (exact) mass is 364 g/mol. The van der Waals surface area contributed by atoms with Crippen molar-refractivity contribution < 1.29 is 14.7 Å². The lowest BCUT2D eigenvalue weighted by molar-refractivity contribution is 0.0680. The zero-order chi connectivity index (χ0) is 19.4. The number of amides is 1. The summed E-state index contributed by atoms with van der Waals surface area (Å²) in [5.74, 6) is -0.161. The van der Waals surface area contributed by atoms with Crippen LogP contribution in [-0.4, -0.2) is 52.9 Å². The predicted molar refractivity (Wildman–Crippen MR) is 100 cm³/mol. The molecular weight excluding hydrogens is 344 g/mol. The number of aliphatic hydroxyl groups excluding tert-OH is 1. The number of likely N-dealkylation sites (tertiary alicyclic amines) is 1. The third-order valence-electron chi connectivity index (χ3n) is 4.71.